The average molecular weight is 184 g/mol. The third-order valence-electron chi connectivity index (χ3n) is 0. The van der Waals surface area contributed by atoms with Crippen LogP contribution >= 0.6 is 0 Å². The summed E-state index contributed by atoms with van der Waals surface area (Å²) in [7, 11) is -4.61. The summed E-state index contributed by atoms with van der Waals surface area (Å²) >= 11 is 0. The van der Waals surface area contributed by atoms with Gasteiger partial charge in [-0.3, -0.25) is 0 Å². The first-order chi connectivity index (χ1) is 2.00. The van der Waals surface area contributed by atoms with Crippen molar-refractivity contribution in [1.82, 2.24) is 0 Å². The van der Waals surface area contributed by atoms with Crippen LogP contribution in [-0.4, -0.2) is 79.6 Å². The monoisotopic (exact) mass is 184 g/mol. The Morgan fingerprint density at radius 3 is 0.857 bits per heavy atom. The van der Waals surface area contributed by atoms with Crippen LogP contribution in [0.3, 0.4) is 0 Å². The zero-order valence-electron chi connectivity index (χ0n) is 2.79. The summed E-state index contributed by atoms with van der Waals surface area (Å²) in [5.41, 5.74) is 0. The molecule has 0 bridgehead atoms. The third-order valence-corrected chi connectivity index (χ3v) is 0. The van der Waals surface area contributed by atoms with E-state index in [4.69, 9.17) is 19.2 Å². The van der Waals surface area contributed by atoms with Crippen LogP contribution in [0.15, 0.2) is 0 Å². The molecule has 0 fully saturated rings. The Morgan fingerprint density at radius 2 is 0.857 bits per heavy atom. The van der Waals surface area contributed by atoms with Crippen molar-refractivity contribution in [2.45, 2.75) is 0 Å². The molecule has 0 aliphatic carbocycles. The first-order valence-corrected chi connectivity index (χ1v) is 2.68. The molecule has 0 aliphatic rings. The van der Waals surface area contributed by atoms with Gasteiger partial charge in [-0.2, -0.15) is 0 Å². The predicted octanol–water partition coefficient (Wildman–Crippen LogP) is -3.26. The fraction of sp³-hybridized carbons (Fsp3) is 0. The van der Waals surface area contributed by atoms with Crippen molar-refractivity contribution in [3.8, 4) is 0 Å². The Hall–Kier alpha value is 2.41. The molecule has 0 aliphatic heterocycles. The number of hydrogen-bond donors (Lipinski definition) is 4. The van der Waals surface area contributed by atoms with Gasteiger partial charge in [-0.15, -0.1) is 0 Å². The van der Waals surface area contributed by atoms with E-state index < -0.39 is 9.05 Å². The second-order valence-electron chi connectivity index (χ2n) is 0.600. The molecule has 0 aromatic carbocycles. The Bertz CT molecular complexity index is 27.2. The van der Waals surface area contributed by atoms with E-state index in [0.29, 0.717) is 0 Å². The molecule has 0 aromatic rings. The maximum absolute atomic E-state index is 7.33. The first-order valence-electron chi connectivity index (χ1n) is 0.894. The van der Waals surface area contributed by atoms with E-state index >= 15 is 0 Å². The van der Waals surface area contributed by atoms with Crippen LogP contribution in [0.2, 0.25) is 0 Å². The fourth-order valence-corrected chi connectivity index (χ4v) is 0. The van der Waals surface area contributed by atoms with Gasteiger partial charge in [0, 0.05) is 21.7 Å². The van der Waals surface area contributed by atoms with E-state index in [0.717, 1.165) is 0 Å². The molecular weight excluding hydrogens is 179 g/mol. The van der Waals surface area contributed by atoms with Crippen LogP contribution in [0.25, 0.3) is 0 Å². The molecule has 0 saturated carbocycles. The van der Waals surface area contributed by atoms with Crippen molar-refractivity contribution in [3.05, 3.63) is 0 Å². The molecule has 0 saturated heterocycles. The first kappa shape index (κ1) is 16.2. The molecule has 0 rings (SSSR count). The van der Waals surface area contributed by atoms with Crippen molar-refractivity contribution in [3.63, 3.8) is 0 Å². The second-order valence-corrected chi connectivity index (χ2v) is 1.80. The van der Waals surface area contributed by atoms with Gasteiger partial charge in [0.15, 0.2) is 0 Å². The van der Waals surface area contributed by atoms with Crippen molar-refractivity contribution >= 4 is 60.4 Å². The van der Waals surface area contributed by atoms with E-state index in [2.05, 4.69) is 0 Å². The zero-order valence-corrected chi connectivity index (χ0v) is 5.35. The van der Waals surface area contributed by atoms with Gasteiger partial charge in [-0.05, 0) is 0 Å². The summed E-state index contributed by atoms with van der Waals surface area (Å²) in [6.45, 7) is 0. The van der Waals surface area contributed by atoms with Gasteiger partial charge in [0.25, 0.3) is 0 Å². The SMILES string of the molecule is O[Si](O)(O)O.[KH].[Ti]. The Morgan fingerprint density at radius 1 is 0.857 bits per heavy atom. The van der Waals surface area contributed by atoms with E-state index in [1.807, 2.05) is 0 Å². The van der Waals surface area contributed by atoms with Crippen LogP contribution in [0.4, 0.5) is 0 Å². The van der Waals surface area contributed by atoms with Crippen molar-refractivity contribution in [2.75, 3.05) is 0 Å². The van der Waals surface area contributed by atoms with E-state index in [1.54, 1.807) is 0 Å². The van der Waals surface area contributed by atoms with E-state index in [9.17, 15) is 0 Å². The third kappa shape index (κ3) is 59.6. The maximum Gasteiger partial charge on any atom is 0 e. The van der Waals surface area contributed by atoms with Gasteiger partial charge in [-0.25, -0.2) is 0 Å². The van der Waals surface area contributed by atoms with Crippen molar-refractivity contribution < 1.29 is 40.9 Å². The second kappa shape index (κ2) is 6.53. The summed E-state index contributed by atoms with van der Waals surface area (Å²) in [6, 6.07) is 0. The van der Waals surface area contributed by atoms with Gasteiger partial charge in [0.1, 0.15) is 0 Å². The molecule has 7 heavy (non-hydrogen) atoms. The summed E-state index contributed by atoms with van der Waals surface area (Å²) in [5.74, 6) is 0. The predicted molar refractivity (Wildman–Crippen MR) is 21.8 cm³/mol. The van der Waals surface area contributed by atoms with E-state index in [-0.39, 0.29) is 73.1 Å². The largest absolute Gasteiger partial charge is 0 e. The summed E-state index contributed by atoms with van der Waals surface area (Å²) < 4.78 is 0. The zero-order chi connectivity index (χ0) is 4.50. The topological polar surface area (TPSA) is 80.9 Å². The minimum Gasteiger partial charge on any atom is 0 e. The van der Waals surface area contributed by atoms with Gasteiger partial charge in [-0.1, -0.05) is 0 Å². The molecule has 0 heterocycles. The number of hydrogen-bond acceptors (Lipinski definition) is 4. The van der Waals surface area contributed by atoms with Crippen LogP contribution < -0.4 is 0 Å². The molecule has 0 amide bonds. The van der Waals surface area contributed by atoms with Gasteiger partial charge in [0.2, 0.25) is 0 Å². The van der Waals surface area contributed by atoms with E-state index in [1.165, 1.54) is 0 Å². The molecule has 0 aromatic heterocycles. The molecule has 0 radical (unpaired) electrons. The Kier molecular flexibility index (Phi) is 15.1. The molecule has 0 unspecified atom stereocenters. The van der Waals surface area contributed by atoms with Gasteiger partial charge < -0.3 is 19.2 Å². The molecule has 4 nitrogen and oxygen atoms in total. The average Bonchev–Trinajstić information content (AvgIpc) is 0.722. The van der Waals surface area contributed by atoms with Crippen molar-refractivity contribution in [2.24, 2.45) is 0 Å². The minimum absolute atomic E-state index is 0. The fourth-order valence-electron chi connectivity index (χ4n) is 0. The van der Waals surface area contributed by atoms with Crippen LogP contribution in [0, 0.1) is 0 Å². The van der Waals surface area contributed by atoms with Crippen LogP contribution in [0.5, 0.6) is 0 Å². The van der Waals surface area contributed by atoms with Gasteiger partial charge in [0.05, 0.1) is 0 Å². The standard InChI is InChI=1S/K.H4O4Si.Ti.H/c;1-5(2,3)4;;/h;1-4H;;. The summed E-state index contributed by atoms with van der Waals surface area (Å²) in [6.07, 6.45) is 0. The normalized spacial score (nSPS) is 8.57. The van der Waals surface area contributed by atoms with Crippen LogP contribution in [0.1, 0.15) is 0 Å². The maximum atomic E-state index is 7.33. The van der Waals surface area contributed by atoms with Gasteiger partial charge >= 0.3 is 60.4 Å². The molecular formula is H5KO4SiTi. The quantitative estimate of drug-likeness (QED) is 0.298. The smallest absolute Gasteiger partial charge is 0 e. The molecule has 0 atom stereocenters. The Labute approximate surface area is 99.4 Å². The molecule has 0 spiro atoms. The Balaban J connectivity index is -0.0000000800. The minimum atomic E-state index is -4.61. The molecule has 4 N–H and O–H groups in total. The molecule has 7 heteroatoms. The summed E-state index contributed by atoms with van der Waals surface area (Å²) in [5, 5.41) is 0. The van der Waals surface area contributed by atoms with Crippen molar-refractivity contribution in [1.29, 1.82) is 0 Å². The summed E-state index contributed by atoms with van der Waals surface area (Å²) in [4.78, 5) is 29.3. The number of rotatable bonds is 0. The molecule has 38 valence electrons. The van der Waals surface area contributed by atoms with Crippen LogP contribution in [-0.2, 0) is 21.7 Å².